The first kappa shape index (κ1) is 34.8. The van der Waals surface area contributed by atoms with E-state index in [9.17, 15) is 0 Å². The Morgan fingerprint density at radius 1 is 0.297 bits per heavy atom. The van der Waals surface area contributed by atoms with Crippen LogP contribution in [0.4, 0.5) is 17.1 Å². The van der Waals surface area contributed by atoms with Crippen molar-refractivity contribution in [3.63, 3.8) is 0 Å². The maximum Gasteiger partial charge on any atom is 0.0726 e. The molecule has 0 radical (unpaired) electrons. The first-order chi connectivity index (χ1) is 31.8. The van der Waals surface area contributed by atoms with E-state index in [2.05, 4.69) is 229 Å². The molecule has 4 aliphatic carbocycles. The van der Waals surface area contributed by atoms with E-state index in [-0.39, 0.29) is 0 Å². The van der Waals surface area contributed by atoms with Gasteiger partial charge in [-0.15, -0.1) is 11.3 Å². The summed E-state index contributed by atoms with van der Waals surface area (Å²) in [5, 5.41) is 2.59. The van der Waals surface area contributed by atoms with E-state index in [0.29, 0.717) is 0 Å². The van der Waals surface area contributed by atoms with Crippen molar-refractivity contribution in [1.29, 1.82) is 0 Å². The van der Waals surface area contributed by atoms with E-state index in [4.69, 9.17) is 0 Å². The molecule has 10 aromatic carbocycles. The Labute approximate surface area is 375 Å². The van der Waals surface area contributed by atoms with Crippen LogP contribution in [0.5, 0.6) is 0 Å². The molecular weight excluding hydrogens is 791 g/mol. The topological polar surface area (TPSA) is 3.24 Å². The van der Waals surface area contributed by atoms with Crippen LogP contribution in [0.3, 0.4) is 0 Å². The zero-order chi connectivity index (χ0) is 41.7. The Morgan fingerprint density at radius 3 is 1.28 bits per heavy atom. The largest absolute Gasteiger partial charge is 0.308 e. The molecule has 15 rings (SSSR count). The highest BCUT2D eigenvalue weighted by Crippen LogP contribution is 2.66. The van der Waals surface area contributed by atoms with E-state index in [1.54, 1.807) is 0 Å². The fourth-order valence-electron chi connectivity index (χ4n) is 12.8. The van der Waals surface area contributed by atoms with Crippen LogP contribution in [0.15, 0.2) is 224 Å². The highest BCUT2D eigenvalue weighted by atomic mass is 32.1. The number of hydrogen-bond donors (Lipinski definition) is 0. The summed E-state index contributed by atoms with van der Waals surface area (Å²) in [6.45, 7) is 0. The fourth-order valence-corrected chi connectivity index (χ4v) is 14.1. The minimum Gasteiger partial charge on any atom is -0.308 e. The summed E-state index contributed by atoms with van der Waals surface area (Å²) >= 11 is 1.90. The van der Waals surface area contributed by atoms with Gasteiger partial charge in [-0.1, -0.05) is 194 Å². The van der Waals surface area contributed by atoms with Crippen molar-refractivity contribution >= 4 is 48.6 Å². The lowest BCUT2D eigenvalue weighted by Gasteiger charge is -2.33. The molecular formula is C62H37NS. The summed E-state index contributed by atoms with van der Waals surface area (Å²) in [5.41, 5.74) is 23.9. The average molecular weight is 828 g/mol. The molecule has 1 heterocycles. The summed E-state index contributed by atoms with van der Waals surface area (Å²) in [5.74, 6) is 0. The zero-order valence-electron chi connectivity index (χ0n) is 34.7. The van der Waals surface area contributed by atoms with Crippen molar-refractivity contribution < 1.29 is 0 Å². The molecule has 296 valence electrons. The molecule has 64 heavy (non-hydrogen) atoms. The summed E-state index contributed by atoms with van der Waals surface area (Å²) in [6.07, 6.45) is 0. The van der Waals surface area contributed by atoms with E-state index >= 15 is 0 Å². The van der Waals surface area contributed by atoms with Gasteiger partial charge in [-0.2, -0.15) is 0 Å². The number of rotatable bonds is 3. The molecule has 0 saturated carbocycles. The van der Waals surface area contributed by atoms with Gasteiger partial charge in [0.1, 0.15) is 0 Å². The number of fused-ring (bicyclic) bond motifs is 23. The number of benzene rings is 10. The lowest BCUT2D eigenvalue weighted by Crippen LogP contribution is -2.26. The monoisotopic (exact) mass is 827 g/mol. The van der Waals surface area contributed by atoms with Crippen LogP contribution in [0, 0.1) is 0 Å². The first-order valence-electron chi connectivity index (χ1n) is 22.3. The third-order valence-electron chi connectivity index (χ3n) is 15.1. The quantitative estimate of drug-likeness (QED) is 0.171. The molecule has 1 nitrogen and oxygen atoms in total. The number of thiophene rings is 1. The molecule has 0 unspecified atom stereocenters. The minimum absolute atomic E-state index is 0.453. The Morgan fingerprint density at radius 2 is 0.703 bits per heavy atom. The van der Waals surface area contributed by atoms with Crippen LogP contribution in [0.1, 0.15) is 44.5 Å². The molecule has 0 saturated heterocycles. The van der Waals surface area contributed by atoms with Gasteiger partial charge in [-0.3, -0.25) is 0 Å². The van der Waals surface area contributed by atoms with Crippen molar-refractivity contribution in [2.75, 3.05) is 4.90 Å². The van der Waals surface area contributed by atoms with Crippen LogP contribution >= 0.6 is 11.3 Å². The van der Waals surface area contributed by atoms with Gasteiger partial charge in [-0.25, -0.2) is 0 Å². The molecule has 0 fully saturated rings. The number of nitrogens with zero attached hydrogens (tertiary/aromatic N) is 1. The van der Waals surface area contributed by atoms with Crippen LogP contribution < -0.4 is 4.90 Å². The Kier molecular flexibility index (Phi) is 6.76. The highest BCUT2D eigenvalue weighted by molar-refractivity contribution is 7.26. The second-order valence-electron chi connectivity index (χ2n) is 17.8. The zero-order valence-corrected chi connectivity index (χ0v) is 35.5. The number of anilines is 3. The fraction of sp³-hybridized carbons (Fsp3) is 0.0323. The third kappa shape index (κ3) is 4.07. The molecule has 4 aliphatic rings. The van der Waals surface area contributed by atoms with Crippen molar-refractivity contribution in [3.8, 4) is 44.5 Å². The van der Waals surface area contributed by atoms with Crippen molar-refractivity contribution in [1.82, 2.24) is 0 Å². The van der Waals surface area contributed by atoms with Crippen LogP contribution in [-0.2, 0) is 10.8 Å². The molecule has 0 atom stereocenters. The van der Waals surface area contributed by atoms with Crippen molar-refractivity contribution in [3.05, 3.63) is 269 Å². The lowest BCUT2D eigenvalue weighted by molar-refractivity contribution is 0.793. The van der Waals surface area contributed by atoms with E-state index in [0.717, 1.165) is 5.69 Å². The van der Waals surface area contributed by atoms with Gasteiger partial charge in [0.05, 0.1) is 26.9 Å². The Balaban J connectivity index is 1.07. The molecule has 1 aromatic heterocycles. The lowest BCUT2D eigenvalue weighted by atomic mass is 9.70. The van der Waals surface area contributed by atoms with Crippen molar-refractivity contribution in [2.45, 2.75) is 10.8 Å². The molecule has 2 heteroatoms. The van der Waals surface area contributed by atoms with Gasteiger partial charge in [0.25, 0.3) is 0 Å². The standard InChI is InChI=1S/C62H37NS/c1-8-25-48-39(17-1)40-18-2-9-26-49(40)61(48)53-30-13-6-23-47(53)59-54(61)31-16-32-56(59)63(57-33-15-24-46-45-22-7-14-34-58(45)64-60(46)57)38-35-36-44-43-21-5-12-29-52(43)62(55(44)37-38)50-27-10-3-19-41(50)42-20-4-11-28-51(42)62/h1-37H. The van der Waals surface area contributed by atoms with E-state index < -0.39 is 10.8 Å². The number of hydrogen-bond acceptors (Lipinski definition) is 2. The highest BCUT2D eigenvalue weighted by Gasteiger charge is 2.54. The van der Waals surface area contributed by atoms with Crippen LogP contribution in [-0.4, -0.2) is 0 Å². The van der Waals surface area contributed by atoms with Gasteiger partial charge in [0, 0.05) is 26.7 Å². The maximum absolute atomic E-state index is 2.61. The van der Waals surface area contributed by atoms with Gasteiger partial charge in [0.15, 0.2) is 0 Å². The smallest absolute Gasteiger partial charge is 0.0726 e. The summed E-state index contributed by atoms with van der Waals surface area (Å²) < 4.78 is 2.59. The second-order valence-corrected chi connectivity index (χ2v) is 18.8. The molecule has 0 bridgehead atoms. The maximum atomic E-state index is 2.61. The predicted molar refractivity (Wildman–Crippen MR) is 267 cm³/mol. The van der Waals surface area contributed by atoms with Gasteiger partial charge in [0.2, 0.25) is 0 Å². The summed E-state index contributed by atoms with van der Waals surface area (Å²) in [7, 11) is 0. The predicted octanol–water partition coefficient (Wildman–Crippen LogP) is 16.2. The summed E-state index contributed by atoms with van der Waals surface area (Å²) in [6, 6.07) is 85.1. The molecule has 0 amide bonds. The molecule has 0 aliphatic heterocycles. The van der Waals surface area contributed by atoms with Gasteiger partial charge >= 0.3 is 0 Å². The average Bonchev–Trinajstić information content (AvgIpc) is 4.13. The summed E-state index contributed by atoms with van der Waals surface area (Å²) in [4.78, 5) is 2.61. The molecule has 0 N–H and O–H groups in total. The van der Waals surface area contributed by atoms with E-state index in [1.807, 2.05) is 11.3 Å². The van der Waals surface area contributed by atoms with Gasteiger partial charge in [-0.05, 0) is 114 Å². The van der Waals surface area contributed by atoms with Crippen molar-refractivity contribution in [2.24, 2.45) is 0 Å². The van der Waals surface area contributed by atoms with Crippen LogP contribution in [0.25, 0.3) is 64.7 Å². The van der Waals surface area contributed by atoms with Crippen LogP contribution in [0.2, 0.25) is 0 Å². The van der Waals surface area contributed by atoms with E-state index in [1.165, 1.54) is 121 Å². The Hall–Kier alpha value is -7.78. The normalized spacial score (nSPS) is 14.5. The minimum atomic E-state index is -0.461. The Bertz CT molecular complexity index is 3720. The second kappa shape index (κ2) is 12.4. The SMILES string of the molecule is c1ccc2c(c1)-c1ccccc1C21c2ccccc2-c2ccc(N(c3cccc4c3-c3ccccc3C43c4ccccc4-c4ccccc43)c3cccc4c3sc3ccccc34)cc21. The first-order valence-corrected chi connectivity index (χ1v) is 23.2. The molecule has 2 spiro atoms. The van der Waals surface area contributed by atoms with Gasteiger partial charge < -0.3 is 4.90 Å². The molecule has 11 aromatic rings. The third-order valence-corrected chi connectivity index (χ3v) is 16.3.